The first-order chi connectivity index (χ1) is 11.7. The molecule has 0 aliphatic heterocycles. The van der Waals surface area contributed by atoms with Crippen molar-refractivity contribution in [2.24, 2.45) is 0 Å². The summed E-state index contributed by atoms with van der Waals surface area (Å²) in [6.07, 6.45) is -2.98. The van der Waals surface area contributed by atoms with Gasteiger partial charge in [-0.2, -0.15) is 0 Å². The highest BCUT2D eigenvalue weighted by molar-refractivity contribution is 7.89. The molecule has 0 heterocycles. The summed E-state index contributed by atoms with van der Waals surface area (Å²) in [5.74, 6) is -0.745. The van der Waals surface area contributed by atoms with Crippen LogP contribution in [0.25, 0.3) is 0 Å². The maximum Gasteiger partial charge on any atom is 0.573 e. The van der Waals surface area contributed by atoms with E-state index in [2.05, 4.69) is 9.46 Å². The smallest absolute Gasteiger partial charge is 0.404 e. The van der Waals surface area contributed by atoms with Gasteiger partial charge in [-0.1, -0.05) is 42.5 Å². The zero-order valence-corrected chi connectivity index (χ0v) is 13.9. The van der Waals surface area contributed by atoms with Gasteiger partial charge in [-0.15, -0.1) is 13.2 Å². The normalized spacial score (nSPS) is 16.9. The Balaban J connectivity index is 1.95. The summed E-state index contributed by atoms with van der Waals surface area (Å²) in [6, 6.07) is 13.7. The first-order valence-corrected chi connectivity index (χ1v) is 9.15. The lowest BCUT2D eigenvalue weighted by atomic mass is 9.73. The molecule has 1 fully saturated rings. The van der Waals surface area contributed by atoms with E-state index in [4.69, 9.17) is 0 Å². The molecule has 0 spiro atoms. The molecule has 1 aliphatic carbocycles. The van der Waals surface area contributed by atoms with Crippen LogP contribution in [0, 0.1) is 0 Å². The van der Waals surface area contributed by atoms with Gasteiger partial charge >= 0.3 is 6.36 Å². The monoisotopic (exact) mass is 371 g/mol. The molecule has 8 heteroatoms. The lowest BCUT2D eigenvalue weighted by molar-refractivity contribution is -0.275. The van der Waals surface area contributed by atoms with Crippen molar-refractivity contribution < 1.29 is 26.3 Å². The van der Waals surface area contributed by atoms with Crippen molar-refractivity contribution >= 4 is 10.0 Å². The third-order valence-electron chi connectivity index (χ3n) is 4.23. The number of hydrogen-bond donors (Lipinski definition) is 1. The van der Waals surface area contributed by atoms with E-state index in [9.17, 15) is 21.6 Å². The molecule has 0 atom stereocenters. The number of sulfonamides is 1. The van der Waals surface area contributed by atoms with Crippen LogP contribution >= 0.6 is 0 Å². The van der Waals surface area contributed by atoms with E-state index in [1.54, 1.807) is 24.3 Å². The van der Waals surface area contributed by atoms with Crippen molar-refractivity contribution in [1.82, 2.24) is 4.72 Å². The van der Waals surface area contributed by atoms with Crippen LogP contribution in [0.15, 0.2) is 59.5 Å². The van der Waals surface area contributed by atoms with E-state index in [0.29, 0.717) is 12.8 Å². The van der Waals surface area contributed by atoms with Crippen LogP contribution in [0.5, 0.6) is 5.75 Å². The van der Waals surface area contributed by atoms with Crippen molar-refractivity contribution in [3.8, 4) is 5.75 Å². The Bertz CT molecular complexity index is 847. The summed E-state index contributed by atoms with van der Waals surface area (Å²) >= 11 is 0. The molecule has 1 N–H and O–H groups in total. The van der Waals surface area contributed by atoms with Crippen molar-refractivity contribution in [2.75, 3.05) is 0 Å². The second-order valence-corrected chi connectivity index (χ2v) is 7.55. The van der Waals surface area contributed by atoms with Gasteiger partial charge in [0.25, 0.3) is 0 Å². The third kappa shape index (κ3) is 3.80. The lowest BCUT2D eigenvalue weighted by Crippen LogP contribution is -2.50. The van der Waals surface area contributed by atoms with Gasteiger partial charge in [0.05, 0.1) is 5.54 Å². The van der Waals surface area contributed by atoms with Gasteiger partial charge in [0.15, 0.2) is 0 Å². The van der Waals surface area contributed by atoms with Gasteiger partial charge in [0.1, 0.15) is 10.6 Å². The van der Waals surface area contributed by atoms with Gasteiger partial charge < -0.3 is 4.74 Å². The number of alkyl halides is 3. The highest BCUT2D eigenvalue weighted by atomic mass is 32.2. The van der Waals surface area contributed by atoms with E-state index in [1.165, 1.54) is 12.1 Å². The fraction of sp³-hybridized carbons (Fsp3) is 0.294. The van der Waals surface area contributed by atoms with Crippen LogP contribution in [0.2, 0.25) is 0 Å². The molecule has 134 valence electrons. The molecule has 0 bridgehead atoms. The maximum atomic E-state index is 12.8. The van der Waals surface area contributed by atoms with E-state index >= 15 is 0 Å². The van der Waals surface area contributed by atoms with E-state index in [-0.39, 0.29) is 0 Å². The quantitative estimate of drug-likeness (QED) is 0.866. The van der Waals surface area contributed by atoms with E-state index in [1.807, 2.05) is 6.07 Å². The first-order valence-electron chi connectivity index (χ1n) is 7.66. The minimum Gasteiger partial charge on any atom is -0.404 e. The second kappa shape index (κ2) is 6.34. The zero-order chi connectivity index (χ0) is 18.1. The summed E-state index contributed by atoms with van der Waals surface area (Å²) in [5, 5.41) is 0. The van der Waals surface area contributed by atoms with Crippen LogP contribution in [0.4, 0.5) is 13.2 Å². The van der Waals surface area contributed by atoms with Gasteiger partial charge in [0.2, 0.25) is 10.0 Å². The minimum atomic E-state index is -4.97. The molecule has 0 saturated heterocycles. The highest BCUT2D eigenvalue weighted by Gasteiger charge is 2.43. The molecule has 2 aromatic carbocycles. The fourth-order valence-corrected chi connectivity index (χ4v) is 4.51. The van der Waals surface area contributed by atoms with Gasteiger partial charge in [0, 0.05) is 0 Å². The summed E-state index contributed by atoms with van der Waals surface area (Å²) in [4.78, 5) is -0.533. The Hall–Kier alpha value is -2.06. The number of rotatable bonds is 5. The maximum absolute atomic E-state index is 12.8. The Morgan fingerprint density at radius 3 is 2.12 bits per heavy atom. The Kier molecular flexibility index (Phi) is 4.51. The Morgan fingerprint density at radius 1 is 0.960 bits per heavy atom. The largest absolute Gasteiger partial charge is 0.573 e. The van der Waals surface area contributed by atoms with Crippen molar-refractivity contribution in [1.29, 1.82) is 0 Å². The third-order valence-corrected chi connectivity index (χ3v) is 5.80. The number of nitrogens with one attached hydrogen (secondary N) is 1. The molecule has 0 unspecified atom stereocenters. The number of halogens is 3. The molecule has 2 aromatic rings. The second-order valence-electron chi connectivity index (χ2n) is 5.90. The van der Waals surface area contributed by atoms with Gasteiger partial charge in [-0.05, 0) is 37.0 Å². The van der Waals surface area contributed by atoms with Crippen LogP contribution in [-0.2, 0) is 15.6 Å². The molecule has 25 heavy (non-hydrogen) atoms. The van der Waals surface area contributed by atoms with E-state index < -0.39 is 32.6 Å². The minimum absolute atomic E-state index is 0.533. The first kappa shape index (κ1) is 17.8. The molecule has 3 rings (SSSR count). The van der Waals surface area contributed by atoms with Crippen molar-refractivity contribution in [3.63, 3.8) is 0 Å². The zero-order valence-electron chi connectivity index (χ0n) is 13.1. The summed E-state index contributed by atoms with van der Waals surface area (Å²) in [5.41, 5.74) is -0.00938. The number of hydrogen-bond acceptors (Lipinski definition) is 3. The average molecular weight is 371 g/mol. The number of ether oxygens (including phenoxy) is 1. The van der Waals surface area contributed by atoms with Crippen LogP contribution in [0.3, 0.4) is 0 Å². The Labute approximate surface area is 143 Å². The predicted octanol–water partition coefficient (Wildman–Crippen LogP) is 3.94. The molecule has 1 saturated carbocycles. The average Bonchev–Trinajstić information content (AvgIpc) is 2.51. The highest BCUT2D eigenvalue weighted by Crippen LogP contribution is 2.43. The Morgan fingerprint density at radius 2 is 1.56 bits per heavy atom. The molecule has 0 amide bonds. The topological polar surface area (TPSA) is 55.4 Å². The summed E-state index contributed by atoms with van der Waals surface area (Å²) in [6.45, 7) is 0. The molecule has 0 radical (unpaired) electrons. The summed E-state index contributed by atoms with van der Waals surface area (Å²) in [7, 11) is -4.20. The standard InChI is InChI=1S/C17H16F3NO3S/c18-17(19,20)24-14-9-4-5-10-15(14)25(22,23)21-16(11-6-12-16)13-7-2-1-3-8-13/h1-5,7-10,21H,6,11-12H2. The van der Waals surface area contributed by atoms with Crippen LogP contribution in [0.1, 0.15) is 24.8 Å². The van der Waals surface area contributed by atoms with Crippen LogP contribution in [-0.4, -0.2) is 14.8 Å². The van der Waals surface area contributed by atoms with Crippen molar-refractivity contribution in [3.05, 3.63) is 60.2 Å². The fourth-order valence-electron chi connectivity index (χ4n) is 2.93. The number of benzene rings is 2. The van der Waals surface area contributed by atoms with Crippen LogP contribution < -0.4 is 9.46 Å². The molecular weight excluding hydrogens is 355 g/mol. The molecule has 0 aromatic heterocycles. The summed E-state index contributed by atoms with van der Waals surface area (Å²) < 4.78 is 69.6. The molecule has 1 aliphatic rings. The molecule has 4 nitrogen and oxygen atoms in total. The molecular formula is C17H16F3NO3S. The SMILES string of the molecule is O=S(=O)(NC1(c2ccccc2)CCC1)c1ccccc1OC(F)(F)F. The number of para-hydroxylation sites is 1. The van der Waals surface area contributed by atoms with Gasteiger partial charge in [-0.3, -0.25) is 0 Å². The van der Waals surface area contributed by atoms with Gasteiger partial charge in [-0.25, -0.2) is 13.1 Å². The predicted molar refractivity (Wildman–Crippen MR) is 85.4 cm³/mol. The van der Waals surface area contributed by atoms with E-state index in [0.717, 1.165) is 24.1 Å². The lowest BCUT2D eigenvalue weighted by Gasteiger charge is -2.42. The van der Waals surface area contributed by atoms with Crippen molar-refractivity contribution in [2.45, 2.75) is 36.1 Å².